The highest BCUT2D eigenvalue weighted by molar-refractivity contribution is 5.50. The second-order valence-corrected chi connectivity index (χ2v) is 4.56. The summed E-state index contributed by atoms with van der Waals surface area (Å²) in [5, 5.41) is 2.70. The molecule has 0 radical (unpaired) electrons. The zero-order valence-corrected chi connectivity index (χ0v) is 9.29. The summed E-state index contributed by atoms with van der Waals surface area (Å²) in [6.45, 7) is 3.75. The van der Waals surface area contributed by atoms with Crippen molar-refractivity contribution in [2.24, 2.45) is 0 Å². The average molecular weight is 223 g/mol. The first-order chi connectivity index (χ1) is 7.53. The summed E-state index contributed by atoms with van der Waals surface area (Å²) in [6, 6.07) is 4.56. The number of benzene rings is 1. The molecule has 1 aliphatic heterocycles. The Labute approximate surface area is 93.6 Å². The summed E-state index contributed by atoms with van der Waals surface area (Å²) in [5.74, 6) is -0.138. The molecule has 1 N–H and O–H groups in total. The molecule has 1 heterocycles. The van der Waals surface area contributed by atoms with Gasteiger partial charge in [0.1, 0.15) is 5.60 Å². The van der Waals surface area contributed by atoms with Gasteiger partial charge >= 0.3 is 0 Å². The second kappa shape index (κ2) is 3.77. The Morgan fingerprint density at radius 3 is 3.00 bits per heavy atom. The van der Waals surface area contributed by atoms with Crippen molar-refractivity contribution in [2.75, 3.05) is 0 Å². The maximum atomic E-state index is 13.6. The van der Waals surface area contributed by atoms with E-state index in [1.54, 1.807) is 12.1 Å². The maximum absolute atomic E-state index is 13.6. The average Bonchev–Trinajstić information content (AvgIpc) is 2.19. The van der Waals surface area contributed by atoms with Gasteiger partial charge in [-0.15, -0.1) is 0 Å². The molecule has 0 bridgehead atoms. The summed E-state index contributed by atoms with van der Waals surface area (Å²) in [7, 11) is 0. The predicted octanol–water partition coefficient (Wildman–Crippen LogP) is 2.17. The van der Waals surface area contributed by atoms with Crippen LogP contribution in [0, 0.1) is 5.82 Å². The van der Waals surface area contributed by atoms with Crippen molar-refractivity contribution in [1.82, 2.24) is 5.32 Å². The van der Waals surface area contributed by atoms with Gasteiger partial charge in [0, 0.05) is 12.0 Å². The van der Waals surface area contributed by atoms with E-state index in [4.69, 9.17) is 4.74 Å². The lowest BCUT2D eigenvalue weighted by molar-refractivity contribution is -0.110. The standard InChI is InChI=1S/C12H14FNO2/c1-12(2)6-10(14-7-15)8-4-3-5-9(13)11(8)16-12/h3-5,7,10H,6H2,1-2H3,(H,14,15). The minimum Gasteiger partial charge on any atom is -0.484 e. The molecule has 3 nitrogen and oxygen atoms in total. The van der Waals surface area contributed by atoms with Gasteiger partial charge in [-0.25, -0.2) is 4.39 Å². The van der Waals surface area contributed by atoms with Crippen LogP contribution in [0.2, 0.25) is 0 Å². The third-order valence-corrected chi connectivity index (χ3v) is 2.72. The van der Waals surface area contributed by atoms with E-state index in [0.29, 0.717) is 18.4 Å². The van der Waals surface area contributed by atoms with Crippen molar-refractivity contribution in [3.63, 3.8) is 0 Å². The van der Waals surface area contributed by atoms with Crippen LogP contribution in [-0.2, 0) is 4.79 Å². The monoisotopic (exact) mass is 223 g/mol. The molecule has 0 aromatic heterocycles. The van der Waals surface area contributed by atoms with Gasteiger partial charge in [-0.05, 0) is 19.9 Å². The highest BCUT2D eigenvalue weighted by Crippen LogP contribution is 2.40. The van der Waals surface area contributed by atoms with Gasteiger partial charge in [0.25, 0.3) is 0 Å². The molecule has 1 aromatic carbocycles. The second-order valence-electron chi connectivity index (χ2n) is 4.56. The Bertz CT molecular complexity index is 417. The molecule has 0 saturated carbocycles. The number of rotatable bonds is 2. The minimum atomic E-state index is -0.476. The van der Waals surface area contributed by atoms with Crippen LogP contribution in [0.25, 0.3) is 0 Å². The molecule has 1 atom stereocenters. The summed E-state index contributed by atoms with van der Waals surface area (Å²) in [5.41, 5.74) is 0.224. The van der Waals surface area contributed by atoms with Gasteiger partial charge in [0.15, 0.2) is 11.6 Å². The highest BCUT2D eigenvalue weighted by Gasteiger charge is 2.34. The van der Waals surface area contributed by atoms with E-state index in [-0.39, 0.29) is 17.6 Å². The predicted molar refractivity (Wildman–Crippen MR) is 57.7 cm³/mol. The number of fused-ring (bicyclic) bond motifs is 1. The molecule has 4 heteroatoms. The molecule has 0 spiro atoms. The number of ether oxygens (including phenoxy) is 1. The lowest BCUT2D eigenvalue weighted by atomic mass is 9.90. The largest absolute Gasteiger partial charge is 0.484 e. The molecular formula is C12H14FNO2. The van der Waals surface area contributed by atoms with Gasteiger partial charge in [-0.3, -0.25) is 4.79 Å². The lowest BCUT2D eigenvalue weighted by Crippen LogP contribution is -2.39. The van der Waals surface area contributed by atoms with Crippen molar-refractivity contribution < 1.29 is 13.9 Å². The molecule has 86 valence electrons. The van der Waals surface area contributed by atoms with E-state index in [1.807, 2.05) is 13.8 Å². The van der Waals surface area contributed by atoms with Crippen molar-refractivity contribution in [1.29, 1.82) is 0 Å². The smallest absolute Gasteiger partial charge is 0.207 e. The fourth-order valence-corrected chi connectivity index (χ4v) is 2.06. The first-order valence-corrected chi connectivity index (χ1v) is 5.20. The van der Waals surface area contributed by atoms with Crippen molar-refractivity contribution in [3.05, 3.63) is 29.6 Å². The number of carbonyl (C=O) groups is 1. The zero-order valence-electron chi connectivity index (χ0n) is 9.29. The highest BCUT2D eigenvalue weighted by atomic mass is 19.1. The van der Waals surface area contributed by atoms with E-state index in [2.05, 4.69) is 5.32 Å². The summed E-state index contributed by atoms with van der Waals surface area (Å²) < 4.78 is 19.2. The molecule has 1 aromatic rings. The Balaban J connectivity index is 2.46. The molecule has 0 fully saturated rings. The fourth-order valence-electron chi connectivity index (χ4n) is 2.06. The summed E-state index contributed by atoms with van der Waals surface area (Å²) in [4.78, 5) is 10.5. The summed E-state index contributed by atoms with van der Waals surface area (Å²) >= 11 is 0. The molecule has 1 aliphatic rings. The minimum absolute atomic E-state index is 0.188. The Kier molecular flexibility index (Phi) is 2.58. The van der Waals surface area contributed by atoms with Crippen LogP contribution in [0.3, 0.4) is 0 Å². The Hall–Kier alpha value is -1.58. The molecule has 1 unspecified atom stereocenters. The van der Waals surface area contributed by atoms with E-state index in [9.17, 15) is 9.18 Å². The number of amides is 1. The van der Waals surface area contributed by atoms with E-state index in [1.165, 1.54) is 6.07 Å². The normalized spacial score (nSPS) is 21.8. The topological polar surface area (TPSA) is 38.3 Å². The van der Waals surface area contributed by atoms with E-state index >= 15 is 0 Å². The van der Waals surface area contributed by atoms with Crippen LogP contribution in [0.1, 0.15) is 31.9 Å². The number of para-hydroxylation sites is 1. The van der Waals surface area contributed by atoms with Crippen LogP contribution in [-0.4, -0.2) is 12.0 Å². The fraction of sp³-hybridized carbons (Fsp3) is 0.417. The molecule has 0 aliphatic carbocycles. The van der Waals surface area contributed by atoms with Gasteiger partial charge in [0.05, 0.1) is 6.04 Å². The first kappa shape index (κ1) is 10.9. The third-order valence-electron chi connectivity index (χ3n) is 2.72. The summed E-state index contributed by atoms with van der Waals surface area (Å²) in [6.07, 6.45) is 1.27. The zero-order chi connectivity index (χ0) is 11.8. The first-order valence-electron chi connectivity index (χ1n) is 5.20. The van der Waals surface area contributed by atoms with Crippen LogP contribution in [0.15, 0.2) is 18.2 Å². The third kappa shape index (κ3) is 1.87. The van der Waals surface area contributed by atoms with Crippen LogP contribution >= 0.6 is 0 Å². The molecule has 1 amide bonds. The van der Waals surface area contributed by atoms with Crippen LogP contribution < -0.4 is 10.1 Å². The van der Waals surface area contributed by atoms with Crippen molar-refractivity contribution in [2.45, 2.75) is 31.9 Å². The van der Waals surface area contributed by atoms with E-state index < -0.39 is 5.60 Å². The van der Waals surface area contributed by atoms with Crippen LogP contribution in [0.4, 0.5) is 4.39 Å². The van der Waals surface area contributed by atoms with Gasteiger partial charge in [-0.1, -0.05) is 12.1 Å². The molecule has 16 heavy (non-hydrogen) atoms. The van der Waals surface area contributed by atoms with Crippen LogP contribution in [0.5, 0.6) is 5.75 Å². The number of halogens is 1. The molecule has 2 rings (SSSR count). The molecule has 0 saturated heterocycles. The van der Waals surface area contributed by atoms with Crippen molar-refractivity contribution in [3.8, 4) is 5.75 Å². The van der Waals surface area contributed by atoms with E-state index in [0.717, 1.165) is 0 Å². The van der Waals surface area contributed by atoms with Gasteiger partial charge < -0.3 is 10.1 Å². The maximum Gasteiger partial charge on any atom is 0.207 e. The number of hydrogen-bond acceptors (Lipinski definition) is 2. The number of hydrogen-bond donors (Lipinski definition) is 1. The molecular weight excluding hydrogens is 209 g/mol. The van der Waals surface area contributed by atoms with Gasteiger partial charge in [-0.2, -0.15) is 0 Å². The Morgan fingerprint density at radius 2 is 2.31 bits per heavy atom. The van der Waals surface area contributed by atoms with Gasteiger partial charge in [0.2, 0.25) is 6.41 Å². The number of carbonyl (C=O) groups excluding carboxylic acids is 1. The quantitative estimate of drug-likeness (QED) is 0.780. The SMILES string of the molecule is CC1(C)CC(NC=O)c2cccc(F)c2O1. The Morgan fingerprint density at radius 1 is 1.56 bits per heavy atom. The number of nitrogens with one attached hydrogen (secondary N) is 1. The lowest BCUT2D eigenvalue weighted by Gasteiger charge is -2.37. The van der Waals surface area contributed by atoms with Crippen molar-refractivity contribution >= 4 is 6.41 Å².